The molecular formula is C14H21N3O. The Morgan fingerprint density at radius 3 is 2.94 bits per heavy atom. The average Bonchev–Trinajstić information content (AvgIpc) is 2.70. The van der Waals surface area contributed by atoms with Gasteiger partial charge < -0.3 is 15.4 Å². The van der Waals surface area contributed by atoms with Crippen LogP contribution in [-0.2, 0) is 0 Å². The molecule has 1 heterocycles. The number of aliphatic imine (C=N–C) groups is 1. The number of methoxy groups -OCH3 is 1. The first-order valence-corrected chi connectivity index (χ1v) is 6.35. The van der Waals surface area contributed by atoms with Crippen LogP contribution in [0.1, 0.15) is 20.3 Å². The van der Waals surface area contributed by atoms with Crippen molar-refractivity contribution < 1.29 is 4.74 Å². The van der Waals surface area contributed by atoms with E-state index in [1.165, 1.54) is 0 Å². The van der Waals surface area contributed by atoms with Crippen molar-refractivity contribution >= 4 is 11.6 Å². The molecule has 0 radical (unpaired) electrons. The number of ether oxygens (including phenoxy) is 1. The molecule has 1 atom stereocenters. The number of anilines is 1. The lowest BCUT2D eigenvalue weighted by molar-refractivity contribution is 0.414. The third-order valence-corrected chi connectivity index (χ3v) is 3.15. The van der Waals surface area contributed by atoms with Crippen molar-refractivity contribution in [3.63, 3.8) is 0 Å². The zero-order valence-electron chi connectivity index (χ0n) is 11.3. The summed E-state index contributed by atoms with van der Waals surface area (Å²) < 4.78 is 5.26. The second-order valence-corrected chi connectivity index (χ2v) is 5.05. The number of benzene rings is 1. The maximum absolute atomic E-state index is 6.00. The van der Waals surface area contributed by atoms with Crippen molar-refractivity contribution in [3.05, 3.63) is 24.3 Å². The number of rotatable bonds is 4. The molecule has 0 spiro atoms. The molecule has 4 heteroatoms. The van der Waals surface area contributed by atoms with E-state index in [-0.39, 0.29) is 0 Å². The Balaban J connectivity index is 2.24. The van der Waals surface area contributed by atoms with Crippen molar-refractivity contribution in [1.82, 2.24) is 0 Å². The first-order valence-electron chi connectivity index (χ1n) is 6.35. The van der Waals surface area contributed by atoms with Crippen LogP contribution in [0.15, 0.2) is 29.3 Å². The third-order valence-electron chi connectivity index (χ3n) is 3.15. The van der Waals surface area contributed by atoms with Gasteiger partial charge in [0.1, 0.15) is 5.75 Å². The zero-order valence-corrected chi connectivity index (χ0v) is 11.3. The van der Waals surface area contributed by atoms with Crippen LogP contribution >= 0.6 is 0 Å². The zero-order chi connectivity index (χ0) is 13.1. The highest BCUT2D eigenvalue weighted by Gasteiger charge is 2.27. The number of nitrogens with zero attached hydrogens (tertiary/aromatic N) is 2. The molecule has 2 rings (SSSR count). The molecule has 1 unspecified atom stereocenters. The van der Waals surface area contributed by atoms with E-state index in [1.54, 1.807) is 7.11 Å². The maximum atomic E-state index is 6.00. The van der Waals surface area contributed by atoms with Crippen molar-refractivity contribution in [2.75, 3.05) is 18.6 Å². The minimum atomic E-state index is 0.358. The fourth-order valence-electron chi connectivity index (χ4n) is 2.37. The Labute approximate surface area is 108 Å². The summed E-state index contributed by atoms with van der Waals surface area (Å²) in [6.07, 6.45) is 1.08. The Morgan fingerprint density at radius 2 is 2.28 bits per heavy atom. The Hall–Kier alpha value is -1.71. The maximum Gasteiger partial charge on any atom is 0.196 e. The number of guanidine groups is 1. The van der Waals surface area contributed by atoms with Gasteiger partial charge in [-0.3, -0.25) is 4.99 Å². The summed E-state index contributed by atoms with van der Waals surface area (Å²) in [5.74, 6) is 2.08. The molecule has 0 saturated heterocycles. The van der Waals surface area contributed by atoms with E-state index in [9.17, 15) is 0 Å². The second-order valence-electron chi connectivity index (χ2n) is 5.05. The summed E-state index contributed by atoms with van der Waals surface area (Å²) in [7, 11) is 1.67. The first-order chi connectivity index (χ1) is 8.61. The molecule has 0 aromatic heterocycles. The van der Waals surface area contributed by atoms with Gasteiger partial charge in [-0.25, -0.2) is 0 Å². The van der Waals surface area contributed by atoms with Gasteiger partial charge >= 0.3 is 0 Å². The fraction of sp³-hybridized carbons (Fsp3) is 0.500. The molecule has 1 aliphatic rings. The van der Waals surface area contributed by atoms with Gasteiger partial charge in [0, 0.05) is 11.8 Å². The normalized spacial score (nSPS) is 19.2. The number of hydrogen-bond acceptors (Lipinski definition) is 4. The van der Waals surface area contributed by atoms with Crippen LogP contribution in [0.3, 0.4) is 0 Å². The Kier molecular flexibility index (Phi) is 3.75. The molecular weight excluding hydrogens is 226 g/mol. The second kappa shape index (κ2) is 5.29. The molecule has 1 aliphatic heterocycles. The van der Waals surface area contributed by atoms with Gasteiger partial charge in [0.15, 0.2) is 5.96 Å². The van der Waals surface area contributed by atoms with Gasteiger partial charge in [-0.05, 0) is 24.5 Å². The van der Waals surface area contributed by atoms with Gasteiger partial charge in [-0.1, -0.05) is 19.9 Å². The molecule has 2 N–H and O–H groups in total. The van der Waals surface area contributed by atoms with Gasteiger partial charge in [-0.2, -0.15) is 0 Å². The summed E-state index contributed by atoms with van der Waals surface area (Å²) in [6.45, 7) is 5.22. The molecule has 0 fully saturated rings. The van der Waals surface area contributed by atoms with Crippen LogP contribution in [0.5, 0.6) is 5.75 Å². The molecule has 98 valence electrons. The van der Waals surface area contributed by atoms with E-state index in [1.807, 2.05) is 24.3 Å². The van der Waals surface area contributed by atoms with Crippen LogP contribution in [0.25, 0.3) is 0 Å². The standard InChI is InChI=1S/C14H21N3O/c1-10(2)7-12-9-16-14(15)17(12)11-5-4-6-13(8-11)18-3/h4-6,8,10,12H,7,9H2,1-3H3,(H2,15,16). The predicted octanol–water partition coefficient (Wildman–Crippen LogP) is 2.24. The molecule has 0 aliphatic carbocycles. The van der Waals surface area contributed by atoms with E-state index in [2.05, 4.69) is 23.7 Å². The quantitative estimate of drug-likeness (QED) is 0.887. The van der Waals surface area contributed by atoms with Crippen molar-refractivity contribution in [1.29, 1.82) is 0 Å². The molecule has 1 aromatic rings. The monoisotopic (exact) mass is 247 g/mol. The fourth-order valence-corrected chi connectivity index (χ4v) is 2.37. The highest BCUT2D eigenvalue weighted by atomic mass is 16.5. The molecule has 0 saturated carbocycles. The lowest BCUT2D eigenvalue weighted by Gasteiger charge is -2.27. The van der Waals surface area contributed by atoms with E-state index in [0.717, 1.165) is 24.4 Å². The lowest BCUT2D eigenvalue weighted by atomic mass is 10.0. The minimum Gasteiger partial charge on any atom is -0.497 e. The van der Waals surface area contributed by atoms with Gasteiger partial charge in [-0.15, -0.1) is 0 Å². The Morgan fingerprint density at radius 1 is 1.50 bits per heavy atom. The van der Waals surface area contributed by atoms with Crippen LogP contribution < -0.4 is 15.4 Å². The first kappa shape index (κ1) is 12.7. The molecule has 4 nitrogen and oxygen atoms in total. The topological polar surface area (TPSA) is 50.9 Å². The van der Waals surface area contributed by atoms with Crippen molar-refractivity contribution in [2.24, 2.45) is 16.6 Å². The average molecular weight is 247 g/mol. The molecule has 0 bridgehead atoms. The summed E-state index contributed by atoms with van der Waals surface area (Å²) in [5, 5.41) is 0. The van der Waals surface area contributed by atoms with Crippen molar-refractivity contribution in [2.45, 2.75) is 26.3 Å². The Bertz CT molecular complexity index is 442. The number of hydrogen-bond donors (Lipinski definition) is 1. The summed E-state index contributed by atoms with van der Waals surface area (Å²) in [4.78, 5) is 6.48. The highest BCUT2D eigenvalue weighted by Crippen LogP contribution is 2.27. The largest absolute Gasteiger partial charge is 0.497 e. The third kappa shape index (κ3) is 2.58. The van der Waals surface area contributed by atoms with Crippen molar-refractivity contribution in [3.8, 4) is 5.75 Å². The SMILES string of the molecule is COc1cccc(N2C(N)=NCC2CC(C)C)c1. The summed E-state index contributed by atoms with van der Waals surface area (Å²) in [6, 6.07) is 8.32. The van der Waals surface area contributed by atoms with Crippen LogP contribution in [-0.4, -0.2) is 25.7 Å². The van der Waals surface area contributed by atoms with E-state index in [0.29, 0.717) is 17.9 Å². The molecule has 1 aromatic carbocycles. The lowest BCUT2D eigenvalue weighted by Crippen LogP contribution is -2.41. The van der Waals surface area contributed by atoms with Gasteiger partial charge in [0.25, 0.3) is 0 Å². The summed E-state index contributed by atoms with van der Waals surface area (Å²) in [5.41, 5.74) is 7.06. The summed E-state index contributed by atoms with van der Waals surface area (Å²) >= 11 is 0. The molecule has 0 amide bonds. The van der Waals surface area contributed by atoms with Gasteiger partial charge in [0.05, 0.1) is 19.7 Å². The smallest absolute Gasteiger partial charge is 0.196 e. The van der Waals surface area contributed by atoms with E-state index in [4.69, 9.17) is 10.5 Å². The van der Waals surface area contributed by atoms with E-state index >= 15 is 0 Å². The minimum absolute atomic E-state index is 0.358. The highest BCUT2D eigenvalue weighted by molar-refractivity contribution is 5.97. The van der Waals surface area contributed by atoms with Crippen LogP contribution in [0, 0.1) is 5.92 Å². The molecule has 18 heavy (non-hydrogen) atoms. The number of nitrogens with two attached hydrogens (primary N) is 1. The van der Waals surface area contributed by atoms with Gasteiger partial charge in [0.2, 0.25) is 0 Å². The predicted molar refractivity (Wildman–Crippen MR) is 75.2 cm³/mol. The van der Waals surface area contributed by atoms with E-state index < -0.39 is 0 Å². The van der Waals surface area contributed by atoms with Crippen LogP contribution in [0.2, 0.25) is 0 Å². The van der Waals surface area contributed by atoms with Crippen LogP contribution in [0.4, 0.5) is 5.69 Å².